The zero-order chi connectivity index (χ0) is 19.6. The van der Waals surface area contributed by atoms with E-state index in [9.17, 15) is 0 Å². The van der Waals surface area contributed by atoms with E-state index in [1.54, 1.807) is 0 Å². The van der Waals surface area contributed by atoms with Crippen LogP contribution in [0.15, 0.2) is 54.6 Å². The molecule has 146 valence electrons. The molecule has 0 saturated heterocycles. The van der Waals surface area contributed by atoms with Gasteiger partial charge in [0.25, 0.3) is 0 Å². The summed E-state index contributed by atoms with van der Waals surface area (Å²) in [5.41, 5.74) is 5.80. The van der Waals surface area contributed by atoms with Crippen molar-refractivity contribution in [2.75, 3.05) is 23.3 Å². The number of benzene rings is 2. The van der Waals surface area contributed by atoms with Crippen molar-refractivity contribution in [1.82, 2.24) is 20.2 Å². The fourth-order valence-electron chi connectivity index (χ4n) is 3.96. The van der Waals surface area contributed by atoms with Gasteiger partial charge in [-0.05, 0) is 30.0 Å². The Hall–Kier alpha value is -3.41. The second-order valence-electron chi connectivity index (χ2n) is 7.53. The van der Waals surface area contributed by atoms with Crippen molar-refractivity contribution in [2.24, 2.45) is 0 Å². The monoisotopic (exact) mass is 384 g/mol. The van der Waals surface area contributed by atoms with Gasteiger partial charge in [0.05, 0.1) is 11.1 Å². The Morgan fingerprint density at radius 3 is 2.72 bits per heavy atom. The predicted octanol–water partition coefficient (Wildman–Crippen LogP) is 3.88. The number of aromatic nitrogens is 4. The number of nitrogens with one attached hydrogen (secondary N) is 2. The second kappa shape index (κ2) is 7.54. The maximum atomic E-state index is 4.88. The Kier molecular flexibility index (Phi) is 4.60. The molecule has 0 unspecified atom stereocenters. The maximum Gasteiger partial charge on any atom is 0.226 e. The molecule has 1 aliphatic heterocycles. The molecule has 2 N–H and O–H groups in total. The molecule has 4 aromatic rings. The van der Waals surface area contributed by atoms with E-state index in [0.29, 0.717) is 5.95 Å². The summed E-state index contributed by atoms with van der Waals surface area (Å²) in [6.45, 7) is 4.67. The molecule has 0 aliphatic carbocycles. The summed E-state index contributed by atoms with van der Waals surface area (Å²) in [5, 5.41) is 12.0. The number of hydrogen-bond donors (Lipinski definition) is 2. The Labute approximate surface area is 170 Å². The standard InChI is InChI=1S/C23H24N6/c1-16-7-5-6-10-18(16)11-13-24-23-25-21-20-19(27-28-21)12-14-29(22(20)26-23)15-17-8-3-2-4-9-17/h2-10H,11-15H2,1H3,(H2,24,25,26,27,28). The van der Waals surface area contributed by atoms with Crippen molar-refractivity contribution in [1.29, 1.82) is 0 Å². The molecular weight excluding hydrogens is 360 g/mol. The summed E-state index contributed by atoms with van der Waals surface area (Å²) in [5.74, 6) is 1.61. The van der Waals surface area contributed by atoms with Crippen LogP contribution in [0.3, 0.4) is 0 Å². The fraction of sp³-hybridized carbons (Fsp3) is 0.261. The first kappa shape index (κ1) is 17.7. The van der Waals surface area contributed by atoms with E-state index in [0.717, 1.165) is 55.0 Å². The Morgan fingerprint density at radius 2 is 1.86 bits per heavy atom. The Balaban J connectivity index is 1.39. The Morgan fingerprint density at radius 1 is 1.03 bits per heavy atom. The van der Waals surface area contributed by atoms with Crippen LogP contribution in [0.4, 0.5) is 11.8 Å². The topological polar surface area (TPSA) is 69.7 Å². The number of H-pyrrole nitrogens is 1. The molecule has 3 heterocycles. The first-order valence-electron chi connectivity index (χ1n) is 10.1. The van der Waals surface area contributed by atoms with Crippen molar-refractivity contribution >= 4 is 22.8 Å². The molecule has 0 bridgehead atoms. The average Bonchev–Trinajstić information content (AvgIpc) is 3.16. The molecule has 0 atom stereocenters. The van der Waals surface area contributed by atoms with E-state index < -0.39 is 0 Å². The highest BCUT2D eigenvalue weighted by Crippen LogP contribution is 2.32. The number of nitrogens with zero attached hydrogens (tertiary/aromatic N) is 4. The highest BCUT2D eigenvalue weighted by Gasteiger charge is 2.24. The minimum atomic E-state index is 0.649. The molecule has 1 aliphatic rings. The van der Waals surface area contributed by atoms with Gasteiger partial charge in [0, 0.05) is 26.1 Å². The van der Waals surface area contributed by atoms with Gasteiger partial charge in [-0.1, -0.05) is 54.6 Å². The zero-order valence-electron chi connectivity index (χ0n) is 16.5. The molecule has 0 amide bonds. The predicted molar refractivity (Wildman–Crippen MR) is 116 cm³/mol. The summed E-state index contributed by atoms with van der Waals surface area (Å²) >= 11 is 0. The largest absolute Gasteiger partial charge is 0.354 e. The SMILES string of the molecule is Cc1ccccc1CCNc1nc2c3c(n[nH]c3n1)CCN2Cc1ccccc1. The molecule has 0 saturated carbocycles. The third-order valence-electron chi connectivity index (χ3n) is 5.55. The van der Waals surface area contributed by atoms with Crippen LogP contribution in [0.1, 0.15) is 22.4 Å². The summed E-state index contributed by atoms with van der Waals surface area (Å²) in [6, 6.07) is 19.0. The van der Waals surface area contributed by atoms with E-state index >= 15 is 0 Å². The normalized spacial score (nSPS) is 13.1. The smallest absolute Gasteiger partial charge is 0.226 e. The van der Waals surface area contributed by atoms with E-state index in [-0.39, 0.29) is 0 Å². The van der Waals surface area contributed by atoms with Gasteiger partial charge in [0.1, 0.15) is 5.82 Å². The third-order valence-corrected chi connectivity index (χ3v) is 5.55. The molecule has 2 aromatic carbocycles. The first-order chi connectivity index (χ1) is 14.3. The highest BCUT2D eigenvalue weighted by molar-refractivity contribution is 5.91. The van der Waals surface area contributed by atoms with Gasteiger partial charge in [0.15, 0.2) is 5.65 Å². The van der Waals surface area contributed by atoms with Crippen LogP contribution in [0, 0.1) is 6.92 Å². The molecule has 0 fully saturated rings. The quantitative estimate of drug-likeness (QED) is 0.528. The Bertz CT molecular complexity index is 1130. The van der Waals surface area contributed by atoms with Crippen molar-refractivity contribution in [2.45, 2.75) is 26.3 Å². The lowest BCUT2D eigenvalue weighted by Crippen LogP contribution is -2.29. The van der Waals surface area contributed by atoms with E-state index in [2.05, 4.69) is 80.9 Å². The minimum Gasteiger partial charge on any atom is -0.354 e. The van der Waals surface area contributed by atoms with Crippen LogP contribution in [-0.2, 0) is 19.4 Å². The second-order valence-corrected chi connectivity index (χ2v) is 7.53. The van der Waals surface area contributed by atoms with Crippen LogP contribution in [0.2, 0.25) is 0 Å². The van der Waals surface area contributed by atoms with Crippen molar-refractivity contribution in [3.05, 3.63) is 77.0 Å². The summed E-state index contributed by atoms with van der Waals surface area (Å²) in [6.07, 6.45) is 1.84. The van der Waals surface area contributed by atoms with Crippen molar-refractivity contribution < 1.29 is 0 Å². The molecule has 29 heavy (non-hydrogen) atoms. The lowest BCUT2D eigenvalue weighted by atomic mass is 10.1. The van der Waals surface area contributed by atoms with Crippen LogP contribution >= 0.6 is 0 Å². The molecule has 6 nitrogen and oxygen atoms in total. The summed E-state index contributed by atoms with van der Waals surface area (Å²) in [4.78, 5) is 11.9. The van der Waals surface area contributed by atoms with Crippen molar-refractivity contribution in [3.8, 4) is 0 Å². The number of aryl methyl sites for hydroxylation is 1. The third kappa shape index (κ3) is 3.53. The maximum absolute atomic E-state index is 4.88. The summed E-state index contributed by atoms with van der Waals surface area (Å²) < 4.78 is 0. The highest BCUT2D eigenvalue weighted by atomic mass is 15.3. The van der Waals surface area contributed by atoms with Gasteiger partial charge in [-0.2, -0.15) is 15.1 Å². The number of rotatable bonds is 6. The van der Waals surface area contributed by atoms with Crippen molar-refractivity contribution in [3.63, 3.8) is 0 Å². The molecule has 5 rings (SSSR count). The molecule has 0 radical (unpaired) electrons. The molecular formula is C23H24N6. The van der Waals surface area contributed by atoms with Gasteiger partial charge in [-0.15, -0.1) is 0 Å². The van der Waals surface area contributed by atoms with Crippen LogP contribution in [0.25, 0.3) is 11.0 Å². The lowest BCUT2D eigenvalue weighted by molar-refractivity contribution is 0.747. The van der Waals surface area contributed by atoms with Gasteiger partial charge in [-0.3, -0.25) is 5.10 Å². The van der Waals surface area contributed by atoms with E-state index in [4.69, 9.17) is 4.98 Å². The van der Waals surface area contributed by atoms with Gasteiger partial charge in [0.2, 0.25) is 5.95 Å². The minimum absolute atomic E-state index is 0.649. The lowest BCUT2D eigenvalue weighted by Gasteiger charge is -2.28. The molecule has 6 heteroatoms. The van der Waals surface area contributed by atoms with Crippen LogP contribution in [-0.4, -0.2) is 33.3 Å². The number of anilines is 2. The van der Waals surface area contributed by atoms with Crippen LogP contribution in [0.5, 0.6) is 0 Å². The first-order valence-corrected chi connectivity index (χ1v) is 10.1. The fourth-order valence-corrected chi connectivity index (χ4v) is 3.96. The average molecular weight is 384 g/mol. The van der Waals surface area contributed by atoms with E-state index in [1.807, 2.05) is 6.07 Å². The van der Waals surface area contributed by atoms with E-state index in [1.165, 1.54) is 16.7 Å². The molecule has 2 aromatic heterocycles. The van der Waals surface area contributed by atoms with Gasteiger partial charge < -0.3 is 10.2 Å². The van der Waals surface area contributed by atoms with Gasteiger partial charge >= 0.3 is 0 Å². The number of aromatic amines is 1. The van der Waals surface area contributed by atoms with Gasteiger partial charge in [-0.25, -0.2) is 0 Å². The van der Waals surface area contributed by atoms with Crippen LogP contribution < -0.4 is 10.2 Å². The summed E-state index contributed by atoms with van der Waals surface area (Å²) in [7, 11) is 0. The number of hydrogen-bond acceptors (Lipinski definition) is 5. The zero-order valence-corrected chi connectivity index (χ0v) is 16.5. The molecule has 0 spiro atoms.